The second-order valence-corrected chi connectivity index (χ2v) is 6.19. The number of thiophene rings is 1. The summed E-state index contributed by atoms with van der Waals surface area (Å²) in [7, 11) is 0. The van der Waals surface area contributed by atoms with Gasteiger partial charge in [-0.05, 0) is 43.3 Å². The summed E-state index contributed by atoms with van der Waals surface area (Å²) in [5.74, 6) is 0. The minimum atomic E-state index is -4.32. The van der Waals surface area contributed by atoms with Crippen LogP contribution >= 0.6 is 11.3 Å². The van der Waals surface area contributed by atoms with Crippen LogP contribution in [-0.2, 0) is 12.6 Å². The fourth-order valence-corrected chi connectivity index (χ4v) is 3.27. The van der Waals surface area contributed by atoms with Crippen LogP contribution in [0.5, 0.6) is 0 Å². The Kier molecular flexibility index (Phi) is 5.06. The van der Waals surface area contributed by atoms with Crippen molar-refractivity contribution >= 4 is 11.3 Å². The van der Waals surface area contributed by atoms with Crippen molar-refractivity contribution in [3.8, 4) is 0 Å². The molecule has 5 heteroatoms. The molecule has 21 heavy (non-hydrogen) atoms. The van der Waals surface area contributed by atoms with Crippen molar-refractivity contribution in [1.82, 2.24) is 5.32 Å². The van der Waals surface area contributed by atoms with E-state index in [4.69, 9.17) is 0 Å². The lowest BCUT2D eigenvalue weighted by Crippen LogP contribution is -2.31. The van der Waals surface area contributed by atoms with E-state index in [1.807, 2.05) is 24.4 Å². The molecular weight excluding hydrogens is 295 g/mol. The molecule has 1 N–H and O–H groups in total. The molecule has 2 rings (SSSR count). The van der Waals surface area contributed by atoms with E-state index in [9.17, 15) is 13.2 Å². The number of benzene rings is 1. The molecule has 0 aliphatic rings. The molecule has 0 aliphatic heterocycles. The molecule has 0 radical (unpaired) electrons. The third-order valence-corrected chi connectivity index (χ3v) is 4.25. The molecule has 0 amide bonds. The quantitative estimate of drug-likeness (QED) is 0.814. The number of rotatable bonds is 5. The number of alkyl halides is 3. The van der Waals surface area contributed by atoms with Gasteiger partial charge >= 0.3 is 6.18 Å². The molecule has 2 aromatic rings. The maximum absolute atomic E-state index is 13.0. The van der Waals surface area contributed by atoms with E-state index in [1.54, 1.807) is 30.4 Å². The normalized spacial score (nSPS) is 14.9. The molecule has 0 aliphatic carbocycles. The third-order valence-electron chi connectivity index (χ3n) is 3.35. The van der Waals surface area contributed by atoms with Gasteiger partial charge in [0, 0.05) is 17.0 Å². The number of nitrogens with one attached hydrogen (secondary N) is 1. The van der Waals surface area contributed by atoms with E-state index in [2.05, 4.69) is 5.32 Å². The van der Waals surface area contributed by atoms with Crippen LogP contribution in [-0.4, -0.2) is 6.04 Å². The first-order chi connectivity index (χ1) is 9.88. The van der Waals surface area contributed by atoms with Crippen molar-refractivity contribution in [3.63, 3.8) is 0 Å². The van der Waals surface area contributed by atoms with Crippen LogP contribution in [0.2, 0.25) is 0 Å². The summed E-state index contributed by atoms with van der Waals surface area (Å²) in [6.07, 6.45) is -3.50. The minimum Gasteiger partial charge on any atom is -0.307 e. The molecule has 0 saturated heterocycles. The van der Waals surface area contributed by atoms with Crippen LogP contribution in [0.25, 0.3) is 0 Å². The Labute approximate surface area is 126 Å². The van der Waals surface area contributed by atoms with Gasteiger partial charge in [-0.1, -0.05) is 24.3 Å². The Hall–Kier alpha value is -1.33. The highest BCUT2D eigenvalue weighted by atomic mass is 32.1. The lowest BCUT2D eigenvalue weighted by molar-refractivity contribution is -0.138. The Bertz CT molecular complexity index is 563. The van der Waals surface area contributed by atoms with Gasteiger partial charge in [-0.2, -0.15) is 13.2 Å². The summed E-state index contributed by atoms with van der Waals surface area (Å²) < 4.78 is 39.1. The van der Waals surface area contributed by atoms with E-state index >= 15 is 0 Å². The molecule has 0 saturated carbocycles. The highest BCUT2D eigenvalue weighted by molar-refractivity contribution is 7.09. The Morgan fingerprint density at radius 2 is 1.81 bits per heavy atom. The van der Waals surface area contributed by atoms with Crippen molar-refractivity contribution in [2.45, 2.75) is 38.5 Å². The van der Waals surface area contributed by atoms with Gasteiger partial charge < -0.3 is 5.32 Å². The fraction of sp³-hybridized carbons (Fsp3) is 0.375. The molecule has 114 valence electrons. The van der Waals surface area contributed by atoms with Crippen LogP contribution in [0.15, 0.2) is 41.8 Å². The lowest BCUT2D eigenvalue weighted by atomic mass is 10.00. The first kappa shape index (κ1) is 16.0. The van der Waals surface area contributed by atoms with Crippen molar-refractivity contribution in [2.24, 2.45) is 0 Å². The van der Waals surface area contributed by atoms with Gasteiger partial charge in [-0.3, -0.25) is 0 Å². The number of hydrogen-bond acceptors (Lipinski definition) is 2. The maximum Gasteiger partial charge on any atom is 0.416 e. The average Bonchev–Trinajstić information content (AvgIpc) is 2.90. The van der Waals surface area contributed by atoms with E-state index in [1.165, 1.54) is 10.9 Å². The van der Waals surface area contributed by atoms with Crippen molar-refractivity contribution in [2.75, 3.05) is 0 Å². The standard InChI is InChI=1S/C16H18F3NS/c1-11(10-13-6-5-9-21-13)20-12(2)14-7-3-4-8-15(14)16(17,18)19/h3-9,11-12,20H,10H2,1-2H3. The van der Waals surface area contributed by atoms with Crippen molar-refractivity contribution < 1.29 is 13.2 Å². The second-order valence-electron chi connectivity index (χ2n) is 5.16. The SMILES string of the molecule is CC(Cc1cccs1)NC(C)c1ccccc1C(F)(F)F. The smallest absolute Gasteiger partial charge is 0.307 e. The third kappa shape index (κ3) is 4.32. The molecule has 1 nitrogen and oxygen atoms in total. The lowest BCUT2D eigenvalue weighted by Gasteiger charge is -2.23. The Morgan fingerprint density at radius 3 is 2.43 bits per heavy atom. The van der Waals surface area contributed by atoms with Gasteiger partial charge in [0.15, 0.2) is 0 Å². The summed E-state index contributed by atoms with van der Waals surface area (Å²) in [6, 6.07) is 9.53. The summed E-state index contributed by atoms with van der Waals surface area (Å²) in [4.78, 5) is 1.23. The first-order valence-electron chi connectivity index (χ1n) is 6.82. The molecular formula is C16H18F3NS. The summed E-state index contributed by atoms with van der Waals surface area (Å²) in [5, 5.41) is 5.26. The maximum atomic E-state index is 13.0. The molecule has 2 unspecified atom stereocenters. The Balaban J connectivity index is 2.08. The predicted octanol–water partition coefficient (Wildman–Crippen LogP) is 5.05. The van der Waals surface area contributed by atoms with Gasteiger partial charge in [0.05, 0.1) is 5.56 Å². The molecule has 0 bridgehead atoms. The van der Waals surface area contributed by atoms with Crippen LogP contribution in [0, 0.1) is 0 Å². The largest absolute Gasteiger partial charge is 0.416 e. The van der Waals surface area contributed by atoms with Gasteiger partial charge in [0.2, 0.25) is 0 Å². The van der Waals surface area contributed by atoms with Crippen LogP contribution in [0.3, 0.4) is 0 Å². The van der Waals surface area contributed by atoms with Crippen LogP contribution in [0.1, 0.15) is 35.9 Å². The summed E-state index contributed by atoms with van der Waals surface area (Å²) in [5.41, 5.74) is -0.267. The van der Waals surface area contributed by atoms with Gasteiger partial charge in [-0.15, -0.1) is 11.3 Å². The average molecular weight is 313 g/mol. The summed E-state index contributed by atoms with van der Waals surface area (Å²) >= 11 is 1.66. The fourth-order valence-electron chi connectivity index (χ4n) is 2.44. The molecule has 1 aromatic heterocycles. The molecule has 0 fully saturated rings. The Morgan fingerprint density at radius 1 is 1.10 bits per heavy atom. The molecule has 0 spiro atoms. The zero-order valence-corrected chi connectivity index (χ0v) is 12.8. The highest BCUT2D eigenvalue weighted by Gasteiger charge is 2.34. The topological polar surface area (TPSA) is 12.0 Å². The predicted molar refractivity (Wildman–Crippen MR) is 80.5 cm³/mol. The van der Waals surface area contributed by atoms with E-state index in [0.29, 0.717) is 5.56 Å². The molecule has 2 atom stereocenters. The highest BCUT2D eigenvalue weighted by Crippen LogP contribution is 2.34. The summed E-state index contributed by atoms with van der Waals surface area (Å²) in [6.45, 7) is 3.77. The van der Waals surface area contributed by atoms with E-state index < -0.39 is 11.7 Å². The van der Waals surface area contributed by atoms with Gasteiger partial charge in [-0.25, -0.2) is 0 Å². The van der Waals surface area contributed by atoms with Gasteiger partial charge in [0.1, 0.15) is 0 Å². The number of halogens is 3. The minimum absolute atomic E-state index is 0.111. The van der Waals surface area contributed by atoms with Crippen LogP contribution < -0.4 is 5.32 Å². The zero-order chi connectivity index (χ0) is 15.5. The second kappa shape index (κ2) is 6.62. The molecule has 1 aromatic carbocycles. The van der Waals surface area contributed by atoms with Gasteiger partial charge in [0.25, 0.3) is 0 Å². The van der Waals surface area contributed by atoms with Crippen LogP contribution in [0.4, 0.5) is 13.2 Å². The van der Waals surface area contributed by atoms with Crippen molar-refractivity contribution in [3.05, 3.63) is 57.8 Å². The van der Waals surface area contributed by atoms with E-state index in [-0.39, 0.29) is 12.1 Å². The van der Waals surface area contributed by atoms with E-state index in [0.717, 1.165) is 12.5 Å². The van der Waals surface area contributed by atoms with Crippen molar-refractivity contribution in [1.29, 1.82) is 0 Å². The molecule has 1 heterocycles. The zero-order valence-electron chi connectivity index (χ0n) is 11.9. The monoisotopic (exact) mass is 313 g/mol. The number of hydrogen-bond donors (Lipinski definition) is 1. The first-order valence-corrected chi connectivity index (χ1v) is 7.70.